The number of nitrogen functional groups attached to an aromatic ring is 1. The molecule has 6 heteroatoms. The highest BCUT2D eigenvalue weighted by Gasteiger charge is 2.30. The molecule has 0 amide bonds. The van der Waals surface area contributed by atoms with Crippen molar-refractivity contribution in [1.29, 1.82) is 0 Å². The molecule has 3 aromatic carbocycles. The summed E-state index contributed by atoms with van der Waals surface area (Å²) in [6, 6.07) is 20.1. The lowest BCUT2D eigenvalue weighted by Gasteiger charge is -2.12. The maximum absolute atomic E-state index is 12.6. The largest absolute Gasteiger partial charge is 0.455 e. The molecule has 130 valence electrons. The van der Waals surface area contributed by atoms with Gasteiger partial charge in [-0.05, 0) is 41.5 Å². The predicted molar refractivity (Wildman–Crippen MR) is 95.1 cm³/mol. The number of ether oxygens (including phenoxy) is 1. The summed E-state index contributed by atoms with van der Waals surface area (Å²) in [5, 5.41) is 0. The molecule has 2 N–H and O–H groups in total. The highest BCUT2D eigenvalue weighted by Crippen LogP contribution is 2.35. The molecule has 0 unspecified atom stereocenters. The van der Waals surface area contributed by atoms with Crippen LogP contribution in [-0.4, -0.2) is 0 Å². The van der Waals surface area contributed by atoms with E-state index in [0.29, 0.717) is 5.75 Å². The maximum Gasteiger partial charge on any atom is 0.416 e. The van der Waals surface area contributed by atoms with Gasteiger partial charge in [-0.15, -0.1) is 12.4 Å². The third-order valence-corrected chi connectivity index (χ3v) is 3.53. The summed E-state index contributed by atoms with van der Waals surface area (Å²) in [7, 11) is 0. The smallest absolute Gasteiger partial charge is 0.416 e. The van der Waals surface area contributed by atoms with Crippen LogP contribution in [0.3, 0.4) is 0 Å². The molecule has 0 saturated heterocycles. The van der Waals surface area contributed by atoms with Gasteiger partial charge >= 0.3 is 6.18 Å². The van der Waals surface area contributed by atoms with Gasteiger partial charge in [-0.3, -0.25) is 0 Å². The molecule has 0 radical (unpaired) electrons. The van der Waals surface area contributed by atoms with E-state index in [4.69, 9.17) is 10.5 Å². The highest BCUT2D eigenvalue weighted by molar-refractivity contribution is 5.85. The Morgan fingerprint density at radius 2 is 1.36 bits per heavy atom. The molecule has 25 heavy (non-hydrogen) atoms. The van der Waals surface area contributed by atoms with Gasteiger partial charge < -0.3 is 10.5 Å². The zero-order chi connectivity index (χ0) is 17.2. The van der Waals surface area contributed by atoms with Crippen molar-refractivity contribution in [2.75, 3.05) is 5.73 Å². The van der Waals surface area contributed by atoms with Crippen molar-refractivity contribution < 1.29 is 17.9 Å². The highest BCUT2D eigenvalue weighted by atomic mass is 35.5. The van der Waals surface area contributed by atoms with Crippen molar-refractivity contribution in [3.05, 3.63) is 78.4 Å². The van der Waals surface area contributed by atoms with Crippen LogP contribution in [0.4, 0.5) is 18.9 Å². The van der Waals surface area contributed by atoms with Gasteiger partial charge in [0.2, 0.25) is 0 Å². The first-order valence-electron chi connectivity index (χ1n) is 7.23. The zero-order valence-corrected chi connectivity index (χ0v) is 13.8. The molecule has 0 aliphatic heterocycles. The summed E-state index contributed by atoms with van der Waals surface area (Å²) >= 11 is 0. The molecule has 0 bridgehead atoms. The van der Waals surface area contributed by atoms with Crippen LogP contribution in [0.5, 0.6) is 11.5 Å². The molecule has 0 spiro atoms. The fraction of sp³-hybridized carbons (Fsp3) is 0.0526. The molecule has 3 aromatic rings. The Labute approximate surface area is 149 Å². The summed E-state index contributed by atoms with van der Waals surface area (Å²) < 4.78 is 43.5. The van der Waals surface area contributed by atoms with Crippen molar-refractivity contribution in [1.82, 2.24) is 0 Å². The summed E-state index contributed by atoms with van der Waals surface area (Å²) in [6.07, 6.45) is -4.43. The predicted octanol–water partition coefficient (Wildman–Crippen LogP) is 6.17. The Hall–Kier alpha value is -2.66. The van der Waals surface area contributed by atoms with Gasteiger partial charge in [0.1, 0.15) is 11.5 Å². The van der Waals surface area contributed by atoms with E-state index in [-0.39, 0.29) is 23.8 Å². The first-order valence-corrected chi connectivity index (χ1v) is 7.23. The number of alkyl halides is 3. The summed E-state index contributed by atoms with van der Waals surface area (Å²) in [4.78, 5) is 0. The minimum Gasteiger partial charge on any atom is -0.455 e. The van der Waals surface area contributed by atoms with Crippen molar-refractivity contribution in [3.63, 3.8) is 0 Å². The second-order valence-corrected chi connectivity index (χ2v) is 5.24. The zero-order valence-electron chi connectivity index (χ0n) is 13.0. The van der Waals surface area contributed by atoms with E-state index in [1.54, 1.807) is 12.1 Å². The summed E-state index contributed by atoms with van der Waals surface area (Å²) in [5.41, 5.74) is 6.89. The van der Waals surface area contributed by atoms with Crippen molar-refractivity contribution in [3.8, 4) is 22.6 Å². The van der Waals surface area contributed by atoms with E-state index in [0.717, 1.165) is 23.3 Å². The molecule has 0 aromatic heterocycles. The van der Waals surface area contributed by atoms with Gasteiger partial charge in [0.25, 0.3) is 0 Å². The molecule has 2 nitrogen and oxygen atoms in total. The Balaban J connectivity index is 0.00000225. The van der Waals surface area contributed by atoms with Crippen LogP contribution in [-0.2, 0) is 6.18 Å². The Morgan fingerprint density at radius 3 is 1.92 bits per heavy atom. The van der Waals surface area contributed by atoms with Gasteiger partial charge in [-0.2, -0.15) is 13.2 Å². The van der Waals surface area contributed by atoms with E-state index in [9.17, 15) is 13.2 Å². The lowest BCUT2D eigenvalue weighted by molar-refractivity contribution is -0.137. The molecule has 0 aliphatic carbocycles. The minimum atomic E-state index is -4.43. The normalized spacial score (nSPS) is 10.8. The number of rotatable bonds is 3. The molecule has 0 atom stereocenters. The Morgan fingerprint density at radius 1 is 0.760 bits per heavy atom. The third-order valence-electron chi connectivity index (χ3n) is 3.53. The van der Waals surface area contributed by atoms with E-state index in [1.807, 2.05) is 42.5 Å². The fourth-order valence-electron chi connectivity index (χ4n) is 2.29. The first-order chi connectivity index (χ1) is 11.4. The van der Waals surface area contributed by atoms with Crippen LogP contribution in [0.15, 0.2) is 72.8 Å². The van der Waals surface area contributed by atoms with Gasteiger partial charge in [-0.25, -0.2) is 0 Å². The number of halogens is 4. The quantitative estimate of drug-likeness (QED) is 0.563. The number of benzene rings is 3. The van der Waals surface area contributed by atoms with E-state index in [1.165, 1.54) is 6.07 Å². The van der Waals surface area contributed by atoms with Gasteiger partial charge in [0.15, 0.2) is 0 Å². The van der Waals surface area contributed by atoms with E-state index in [2.05, 4.69) is 0 Å². The maximum atomic E-state index is 12.6. The van der Waals surface area contributed by atoms with Crippen molar-refractivity contribution in [2.24, 2.45) is 0 Å². The number of hydrogen-bond acceptors (Lipinski definition) is 2. The Kier molecular flexibility index (Phi) is 5.59. The SMILES string of the molecule is Cl.Nc1cc(C(F)(F)F)ccc1Oc1ccc(-c2ccccc2)cc1. The van der Waals surface area contributed by atoms with Crippen LogP contribution < -0.4 is 10.5 Å². The van der Waals surface area contributed by atoms with Crippen LogP contribution in [0.25, 0.3) is 11.1 Å². The molecular formula is C19H15ClF3NO. The second kappa shape index (κ2) is 7.49. The fourth-order valence-corrected chi connectivity index (χ4v) is 2.29. The van der Waals surface area contributed by atoms with Crippen LogP contribution in [0.2, 0.25) is 0 Å². The lowest BCUT2D eigenvalue weighted by Crippen LogP contribution is -2.05. The lowest BCUT2D eigenvalue weighted by atomic mass is 10.1. The van der Waals surface area contributed by atoms with Crippen LogP contribution in [0, 0.1) is 0 Å². The average Bonchev–Trinajstić information content (AvgIpc) is 2.57. The number of anilines is 1. The third kappa shape index (κ3) is 4.45. The molecule has 0 aliphatic rings. The minimum absolute atomic E-state index is 0. The van der Waals surface area contributed by atoms with Gasteiger partial charge in [0, 0.05) is 0 Å². The molecular weight excluding hydrogens is 351 g/mol. The standard InChI is InChI=1S/C19H14F3NO.ClH/c20-19(21,22)15-8-11-18(17(23)12-15)24-16-9-6-14(7-10-16)13-4-2-1-3-5-13;/h1-12H,23H2;1H. The van der Waals surface area contributed by atoms with Crippen molar-refractivity contribution >= 4 is 18.1 Å². The molecule has 0 heterocycles. The average molecular weight is 366 g/mol. The summed E-state index contributed by atoms with van der Waals surface area (Å²) in [6.45, 7) is 0. The van der Waals surface area contributed by atoms with Crippen molar-refractivity contribution in [2.45, 2.75) is 6.18 Å². The molecule has 0 saturated carbocycles. The second-order valence-electron chi connectivity index (χ2n) is 5.24. The van der Waals surface area contributed by atoms with E-state index < -0.39 is 11.7 Å². The van der Waals surface area contributed by atoms with Crippen LogP contribution >= 0.6 is 12.4 Å². The monoisotopic (exact) mass is 365 g/mol. The van der Waals surface area contributed by atoms with E-state index >= 15 is 0 Å². The number of hydrogen-bond donors (Lipinski definition) is 1. The van der Waals surface area contributed by atoms with Crippen LogP contribution in [0.1, 0.15) is 5.56 Å². The number of nitrogens with two attached hydrogens (primary N) is 1. The van der Waals surface area contributed by atoms with Gasteiger partial charge in [-0.1, -0.05) is 42.5 Å². The molecule has 3 rings (SSSR count). The summed E-state index contributed by atoms with van der Waals surface area (Å²) in [5.74, 6) is 0.691. The Bertz CT molecular complexity index is 834. The molecule has 0 fully saturated rings. The first kappa shape index (κ1) is 18.7. The van der Waals surface area contributed by atoms with Gasteiger partial charge in [0.05, 0.1) is 11.3 Å². The topological polar surface area (TPSA) is 35.2 Å².